The van der Waals surface area contributed by atoms with Crippen molar-refractivity contribution in [1.82, 2.24) is 9.78 Å². The van der Waals surface area contributed by atoms with E-state index in [4.69, 9.17) is 0 Å². The van der Waals surface area contributed by atoms with Gasteiger partial charge in [0.15, 0.2) is 0 Å². The molecule has 20 heavy (non-hydrogen) atoms. The van der Waals surface area contributed by atoms with Crippen molar-refractivity contribution in [2.75, 3.05) is 0 Å². The Bertz CT molecular complexity index is 893. The first-order chi connectivity index (χ1) is 9.81. The quantitative estimate of drug-likeness (QED) is 0.554. The Kier molecular flexibility index (Phi) is 2.30. The van der Waals surface area contributed by atoms with E-state index in [1.807, 2.05) is 24.3 Å². The number of hydrogen-bond acceptors (Lipinski definition) is 2. The van der Waals surface area contributed by atoms with Gasteiger partial charge in [-0.2, -0.15) is 5.10 Å². The molecule has 3 aromatic rings. The predicted molar refractivity (Wildman–Crippen MR) is 80.7 cm³/mol. The fraction of sp³-hybridized carbons (Fsp3) is 0.176. The van der Waals surface area contributed by atoms with Crippen molar-refractivity contribution < 1.29 is 0 Å². The zero-order chi connectivity index (χ0) is 13.7. The van der Waals surface area contributed by atoms with Crippen LogP contribution in [0.4, 0.5) is 0 Å². The van der Waals surface area contributed by atoms with Crippen molar-refractivity contribution in [3.8, 4) is 22.4 Å². The molecule has 3 heteroatoms. The van der Waals surface area contributed by atoms with Crippen LogP contribution in [-0.2, 0) is 6.54 Å². The van der Waals surface area contributed by atoms with Gasteiger partial charge in [0.1, 0.15) is 5.69 Å². The Hall–Kier alpha value is -2.42. The minimum Gasteiger partial charge on any atom is -0.267 e. The molecule has 0 atom stereocenters. The van der Waals surface area contributed by atoms with E-state index >= 15 is 0 Å². The molecule has 0 fully saturated rings. The van der Waals surface area contributed by atoms with E-state index in [1.165, 1.54) is 5.56 Å². The SMILES string of the molecule is CCCn1nc2c3c(cccc3c1=O)-c1ccccc1-2. The number of fused-ring (bicyclic) bond motifs is 3. The summed E-state index contributed by atoms with van der Waals surface area (Å²) in [7, 11) is 0. The lowest BCUT2D eigenvalue weighted by Crippen LogP contribution is -2.23. The van der Waals surface area contributed by atoms with Gasteiger partial charge in [0, 0.05) is 17.5 Å². The number of hydrogen-bond donors (Lipinski definition) is 0. The number of aryl methyl sites for hydroxylation is 1. The molecule has 0 N–H and O–H groups in total. The summed E-state index contributed by atoms with van der Waals surface area (Å²) in [6.07, 6.45) is 0.902. The number of aromatic nitrogens is 2. The molecule has 0 unspecified atom stereocenters. The second-order valence-electron chi connectivity index (χ2n) is 5.15. The van der Waals surface area contributed by atoms with E-state index < -0.39 is 0 Å². The van der Waals surface area contributed by atoms with E-state index in [-0.39, 0.29) is 5.56 Å². The molecular weight excluding hydrogens is 248 g/mol. The Balaban J connectivity index is 2.20. The van der Waals surface area contributed by atoms with Crippen LogP contribution >= 0.6 is 0 Å². The lowest BCUT2D eigenvalue weighted by atomic mass is 10.0. The zero-order valence-electron chi connectivity index (χ0n) is 11.3. The van der Waals surface area contributed by atoms with Crippen molar-refractivity contribution >= 4 is 10.8 Å². The zero-order valence-corrected chi connectivity index (χ0v) is 11.3. The Morgan fingerprint density at radius 3 is 2.55 bits per heavy atom. The van der Waals surface area contributed by atoms with Gasteiger partial charge in [-0.05, 0) is 23.6 Å². The van der Waals surface area contributed by atoms with Gasteiger partial charge in [0.25, 0.3) is 5.56 Å². The lowest BCUT2D eigenvalue weighted by Gasteiger charge is -2.07. The van der Waals surface area contributed by atoms with Gasteiger partial charge in [-0.15, -0.1) is 0 Å². The Morgan fingerprint density at radius 1 is 1.00 bits per heavy atom. The van der Waals surface area contributed by atoms with Crippen LogP contribution in [0.15, 0.2) is 47.3 Å². The molecule has 1 heterocycles. The van der Waals surface area contributed by atoms with Crippen molar-refractivity contribution in [1.29, 1.82) is 0 Å². The van der Waals surface area contributed by atoms with Crippen LogP contribution < -0.4 is 5.56 Å². The monoisotopic (exact) mass is 262 g/mol. The highest BCUT2D eigenvalue weighted by molar-refractivity contribution is 6.13. The van der Waals surface area contributed by atoms with Crippen LogP contribution in [0.1, 0.15) is 13.3 Å². The third-order valence-electron chi connectivity index (χ3n) is 3.89. The van der Waals surface area contributed by atoms with E-state index in [2.05, 4.69) is 30.2 Å². The molecule has 0 spiro atoms. The molecule has 0 saturated heterocycles. The van der Waals surface area contributed by atoms with Crippen molar-refractivity contribution in [2.24, 2.45) is 0 Å². The van der Waals surface area contributed by atoms with Crippen molar-refractivity contribution in [3.63, 3.8) is 0 Å². The van der Waals surface area contributed by atoms with E-state index in [9.17, 15) is 4.79 Å². The molecule has 0 bridgehead atoms. The third-order valence-corrected chi connectivity index (χ3v) is 3.89. The second-order valence-corrected chi connectivity index (χ2v) is 5.15. The predicted octanol–water partition coefficient (Wildman–Crippen LogP) is 3.45. The van der Waals surface area contributed by atoms with Crippen LogP contribution in [0.25, 0.3) is 33.2 Å². The maximum atomic E-state index is 12.5. The minimum atomic E-state index is 0.0141. The van der Waals surface area contributed by atoms with Crippen LogP contribution in [0.5, 0.6) is 0 Å². The summed E-state index contributed by atoms with van der Waals surface area (Å²) in [6.45, 7) is 2.72. The summed E-state index contributed by atoms with van der Waals surface area (Å²) >= 11 is 0. The fourth-order valence-corrected chi connectivity index (χ4v) is 3.04. The summed E-state index contributed by atoms with van der Waals surface area (Å²) in [6, 6.07) is 14.2. The first-order valence-electron chi connectivity index (χ1n) is 6.95. The first kappa shape index (κ1) is 11.4. The standard InChI is InChI=1S/C17H14N2O/c1-2-10-19-17(20)14-9-5-8-12-11-6-3-4-7-13(11)16(18-19)15(12)14/h3-9H,2,10H2,1H3. The van der Waals surface area contributed by atoms with Crippen molar-refractivity contribution in [2.45, 2.75) is 19.9 Å². The summed E-state index contributed by atoms with van der Waals surface area (Å²) in [5.41, 5.74) is 4.39. The molecule has 0 amide bonds. The van der Waals surface area contributed by atoms with Gasteiger partial charge in [-0.25, -0.2) is 4.68 Å². The van der Waals surface area contributed by atoms with Gasteiger partial charge in [0.05, 0.1) is 5.39 Å². The smallest absolute Gasteiger partial charge is 0.267 e. The molecule has 1 aromatic heterocycles. The maximum Gasteiger partial charge on any atom is 0.274 e. The third kappa shape index (κ3) is 1.35. The van der Waals surface area contributed by atoms with Gasteiger partial charge in [0.2, 0.25) is 0 Å². The van der Waals surface area contributed by atoms with E-state index in [1.54, 1.807) is 4.68 Å². The first-order valence-corrected chi connectivity index (χ1v) is 6.95. The highest BCUT2D eigenvalue weighted by Crippen LogP contribution is 2.44. The Labute approximate surface area is 116 Å². The van der Waals surface area contributed by atoms with Crippen LogP contribution in [0.2, 0.25) is 0 Å². The molecule has 1 aliphatic carbocycles. The lowest BCUT2D eigenvalue weighted by molar-refractivity contribution is 0.577. The van der Waals surface area contributed by atoms with Gasteiger partial charge in [-0.3, -0.25) is 4.79 Å². The molecule has 0 saturated carbocycles. The fourth-order valence-electron chi connectivity index (χ4n) is 3.04. The largest absolute Gasteiger partial charge is 0.274 e. The normalized spacial score (nSPS) is 11.8. The van der Waals surface area contributed by atoms with E-state index in [0.29, 0.717) is 6.54 Å². The molecule has 98 valence electrons. The number of nitrogens with zero attached hydrogens (tertiary/aromatic N) is 2. The summed E-state index contributed by atoms with van der Waals surface area (Å²) in [4.78, 5) is 12.5. The molecular formula is C17H14N2O. The highest BCUT2D eigenvalue weighted by atomic mass is 16.1. The van der Waals surface area contributed by atoms with Gasteiger partial charge >= 0.3 is 0 Å². The second kappa shape index (κ2) is 4.04. The maximum absolute atomic E-state index is 12.5. The summed E-state index contributed by atoms with van der Waals surface area (Å²) in [5, 5.41) is 6.39. The molecule has 2 aromatic carbocycles. The highest BCUT2D eigenvalue weighted by Gasteiger charge is 2.24. The average Bonchev–Trinajstić information content (AvgIpc) is 2.80. The molecule has 1 aliphatic rings. The molecule has 0 aliphatic heterocycles. The number of rotatable bonds is 2. The molecule has 3 nitrogen and oxygen atoms in total. The van der Waals surface area contributed by atoms with Crippen LogP contribution in [-0.4, -0.2) is 9.78 Å². The van der Waals surface area contributed by atoms with Gasteiger partial charge < -0.3 is 0 Å². The summed E-state index contributed by atoms with van der Waals surface area (Å²) in [5.74, 6) is 0. The minimum absolute atomic E-state index is 0.0141. The molecule has 4 rings (SSSR count). The molecule has 0 radical (unpaired) electrons. The number of benzene rings is 2. The van der Waals surface area contributed by atoms with Crippen molar-refractivity contribution in [3.05, 3.63) is 52.8 Å². The van der Waals surface area contributed by atoms with E-state index in [0.717, 1.165) is 34.0 Å². The van der Waals surface area contributed by atoms with Gasteiger partial charge in [-0.1, -0.05) is 43.3 Å². The Morgan fingerprint density at radius 2 is 1.75 bits per heavy atom. The topological polar surface area (TPSA) is 34.9 Å². The summed E-state index contributed by atoms with van der Waals surface area (Å²) < 4.78 is 1.60. The average molecular weight is 262 g/mol. The van der Waals surface area contributed by atoms with Crippen LogP contribution in [0, 0.1) is 0 Å². The van der Waals surface area contributed by atoms with Crippen LogP contribution in [0.3, 0.4) is 0 Å².